The Kier molecular flexibility index (Phi) is 4.14. The van der Waals surface area contributed by atoms with Crippen molar-refractivity contribution in [3.63, 3.8) is 0 Å². The highest BCUT2D eigenvalue weighted by Crippen LogP contribution is 2.30. The van der Waals surface area contributed by atoms with Gasteiger partial charge in [0, 0.05) is 18.2 Å². The molecule has 114 valence electrons. The van der Waals surface area contributed by atoms with Gasteiger partial charge < -0.3 is 9.64 Å². The topological polar surface area (TPSA) is 29.5 Å². The lowest BCUT2D eigenvalue weighted by Gasteiger charge is -2.23. The van der Waals surface area contributed by atoms with E-state index in [0.717, 1.165) is 24.2 Å². The number of nitrogens with zero attached hydrogens (tertiary/aromatic N) is 1. The summed E-state index contributed by atoms with van der Waals surface area (Å²) in [5, 5.41) is 0. The van der Waals surface area contributed by atoms with E-state index in [1.54, 1.807) is 7.11 Å². The fourth-order valence-electron chi connectivity index (χ4n) is 2.65. The highest BCUT2D eigenvalue weighted by atomic mass is 16.5. The number of hydrogen-bond donors (Lipinski definition) is 0. The predicted octanol–water partition coefficient (Wildman–Crippen LogP) is 3.81. The smallest absolute Gasteiger partial charge is 0.254 e. The monoisotopic (exact) mass is 295 g/mol. The first kappa shape index (κ1) is 14.6. The van der Waals surface area contributed by atoms with Gasteiger partial charge in [0.1, 0.15) is 5.75 Å². The van der Waals surface area contributed by atoms with Crippen LogP contribution in [-0.4, -0.2) is 24.0 Å². The summed E-state index contributed by atoms with van der Waals surface area (Å²) in [5.74, 6) is 0.853. The van der Waals surface area contributed by atoms with Gasteiger partial charge in [0.15, 0.2) is 0 Å². The molecule has 3 nitrogen and oxygen atoms in total. The van der Waals surface area contributed by atoms with E-state index in [1.807, 2.05) is 48.2 Å². The first-order valence-corrected chi connectivity index (χ1v) is 7.68. The van der Waals surface area contributed by atoms with Crippen LogP contribution in [-0.2, 0) is 6.54 Å². The van der Waals surface area contributed by atoms with E-state index in [-0.39, 0.29) is 5.91 Å². The molecule has 3 rings (SSSR count). The Morgan fingerprint density at radius 3 is 2.55 bits per heavy atom. The standard InChI is InChI=1S/C19H21NO2/c1-14-8-9-16(12-18(14)22-2)19(21)20(17-10-11-17)13-15-6-4-3-5-7-15/h3-9,12,17H,10-11,13H2,1-2H3. The van der Waals surface area contributed by atoms with Gasteiger partial charge in [-0.05, 0) is 43.0 Å². The molecule has 0 radical (unpaired) electrons. The zero-order valence-corrected chi connectivity index (χ0v) is 13.1. The van der Waals surface area contributed by atoms with Gasteiger partial charge in [-0.1, -0.05) is 36.4 Å². The normalized spacial score (nSPS) is 13.7. The van der Waals surface area contributed by atoms with Gasteiger partial charge in [-0.15, -0.1) is 0 Å². The average Bonchev–Trinajstić information content (AvgIpc) is 3.38. The van der Waals surface area contributed by atoms with E-state index in [0.29, 0.717) is 18.2 Å². The molecule has 1 aliphatic carbocycles. The van der Waals surface area contributed by atoms with Crippen LogP contribution >= 0.6 is 0 Å². The molecule has 2 aromatic carbocycles. The molecule has 0 heterocycles. The molecular weight excluding hydrogens is 274 g/mol. The number of carbonyl (C=O) groups is 1. The third-order valence-corrected chi connectivity index (χ3v) is 4.10. The summed E-state index contributed by atoms with van der Waals surface area (Å²) in [6.45, 7) is 2.65. The molecule has 1 saturated carbocycles. The van der Waals surface area contributed by atoms with Crippen molar-refractivity contribution in [1.29, 1.82) is 0 Å². The fraction of sp³-hybridized carbons (Fsp3) is 0.316. The highest BCUT2D eigenvalue weighted by Gasteiger charge is 2.33. The molecule has 0 saturated heterocycles. The SMILES string of the molecule is COc1cc(C(=O)N(Cc2ccccc2)C2CC2)ccc1C. The second-order valence-electron chi connectivity index (χ2n) is 5.83. The van der Waals surface area contributed by atoms with E-state index >= 15 is 0 Å². The van der Waals surface area contributed by atoms with Crippen molar-refractivity contribution in [3.8, 4) is 5.75 Å². The van der Waals surface area contributed by atoms with E-state index in [4.69, 9.17) is 4.74 Å². The summed E-state index contributed by atoms with van der Waals surface area (Å²) < 4.78 is 5.34. The molecule has 0 atom stereocenters. The molecule has 1 amide bonds. The minimum Gasteiger partial charge on any atom is -0.496 e. The first-order valence-electron chi connectivity index (χ1n) is 7.68. The van der Waals surface area contributed by atoms with Crippen LogP contribution in [0.3, 0.4) is 0 Å². The van der Waals surface area contributed by atoms with Crippen LogP contribution < -0.4 is 4.74 Å². The lowest BCUT2D eigenvalue weighted by molar-refractivity contribution is 0.0729. The van der Waals surface area contributed by atoms with E-state index in [1.165, 1.54) is 5.56 Å². The van der Waals surface area contributed by atoms with Crippen molar-refractivity contribution < 1.29 is 9.53 Å². The molecule has 22 heavy (non-hydrogen) atoms. The lowest BCUT2D eigenvalue weighted by atomic mass is 10.1. The van der Waals surface area contributed by atoms with Crippen molar-refractivity contribution in [3.05, 3.63) is 65.2 Å². The van der Waals surface area contributed by atoms with Crippen molar-refractivity contribution in [1.82, 2.24) is 4.90 Å². The summed E-state index contributed by atoms with van der Waals surface area (Å²) in [6, 6.07) is 16.2. The maximum Gasteiger partial charge on any atom is 0.254 e. The van der Waals surface area contributed by atoms with Crippen molar-refractivity contribution >= 4 is 5.91 Å². The average molecular weight is 295 g/mol. The predicted molar refractivity (Wildman–Crippen MR) is 87.1 cm³/mol. The number of rotatable bonds is 5. The Balaban J connectivity index is 1.84. The van der Waals surface area contributed by atoms with Crippen LogP contribution in [0.5, 0.6) is 5.75 Å². The number of amides is 1. The second kappa shape index (κ2) is 6.22. The molecule has 0 N–H and O–H groups in total. The Morgan fingerprint density at radius 2 is 1.91 bits per heavy atom. The maximum atomic E-state index is 12.9. The van der Waals surface area contributed by atoms with Gasteiger partial charge >= 0.3 is 0 Å². The van der Waals surface area contributed by atoms with Crippen LogP contribution in [0.15, 0.2) is 48.5 Å². The zero-order valence-electron chi connectivity index (χ0n) is 13.1. The highest BCUT2D eigenvalue weighted by molar-refractivity contribution is 5.95. The van der Waals surface area contributed by atoms with Crippen LogP contribution in [0.1, 0.15) is 34.3 Å². The number of aryl methyl sites for hydroxylation is 1. The molecule has 0 aliphatic heterocycles. The fourth-order valence-corrected chi connectivity index (χ4v) is 2.65. The maximum absolute atomic E-state index is 12.9. The number of methoxy groups -OCH3 is 1. The molecule has 0 spiro atoms. The van der Waals surface area contributed by atoms with E-state index < -0.39 is 0 Å². The molecule has 1 fully saturated rings. The Morgan fingerprint density at radius 1 is 1.18 bits per heavy atom. The first-order chi connectivity index (χ1) is 10.7. The third-order valence-electron chi connectivity index (χ3n) is 4.10. The van der Waals surface area contributed by atoms with Crippen molar-refractivity contribution in [2.24, 2.45) is 0 Å². The van der Waals surface area contributed by atoms with Gasteiger partial charge in [-0.2, -0.15) is 0 Å². The number of ether oxygens (including phenoxy) is 1. The van der Waals surface area contributed by atoms with Crippen LogP contribution in [0.25, 0.3) is 0 Å². The van der Waals surface area contributed by atoms with Crippen LogP contribution in [0.2, 0.25) is 0 Å². The molecule has 0 bridgehead atoms. The minimum atomic E-state index is 0.0876. The second-order valence-corrected chi connectivity index (χ2v) is 5.83. The van der Waals surface area contributed by atoms with Gasteiger partial charge in [-0.25, -0.2) is 0 Å². The van der Waals surface area contributed by atoms with Gasteiger partial charge in [0.05, 0.1) is 7.11 Å². The van der Waals surface area contributed by atoms with Crippen LogP contribution in [0.4, 0.5) is 0 Å². The number of hydrogen-bond acceptors (Lipinski definition) is 2. The zero-order chi connectivity index (χ0) is 15.5. The molecule has 3 heteroatoms. The Hall–Kier alpha value is -2.29. The van der Waals surface area contributed by atoms with E-state index in [2.05, 4.69) is 12.1 Å². The van der Waals surface area contributed by atoms with Gasteiger partial charge in [0.2, 0.25) is 0 Å². The Bertz CT molecular complexity index is 662. The quantitative estimate of drug-likeness (QED) is 0.839. The van der Waals surface area contributed by atoms with E-state index in [9.17, 15) is 4.79 Å². The largest absolute Gasteiger partial charge is 0.496 e. The minimum absolute atomic E-state index is 0.0876. The van der Waals surface area contributed by atoms with Crippen molar-refractivity contribution in [2.75, 3.05) is 7.11 Å². The number of benzene rings is 2. The van der Waals surface area contributed by atoms with Gasteiger partial charge in [-0.3, -0.25) is 4.79 Å². The van der Waals surface area contributed by atoms with Crippen molar-refractivity contribution in [2.45, 2.75) is 32.4 Å². The summed E-state index contributed by atoms with van der Waals surface area (Å²) in [7, 11) is 1.64. The molecular formula is C19H21NO2. The van der Waals surface area contributed by atoms with Crippen LogP contribution in [0, 0.1) is 6.92 Å². The van der Waals surface area contributed by atoms with Gasteiger partial charge in [0.25, 0.3) is 5.91 Å². The molecule has 2 aromatic rings. The molecule has 0 unspecified atom stereocenters. The number of carbonyl (C=O) groups excluding carboxylic acids is 1. The Labute approximate surface area is 131 Å². The molecule has 0 aromatic heterocycles. The summed E-state index contributed by atoms with van der Waals surface area (Å²) >= 11 is 0. The summed E-state index contributed by atoms with van der Waals surface area (Å²) in [6.07, 6.45) is 2.20. The summed E-state index contributed by atoms with van der Waals surface area (Å²) in [4.78, 5) is 14.9. The lowest BCUT2D eigenvalue weighted by Crippen LogP contribution is -2.32. The molecule has 1 aliphatic rings. The summed E-state index contributed by atoms with van der Waals surface area (Å²) in [5.41, 5.74) is 2.91. The third kappa shape index (κ3) is 3.14.